The molecule has 2 aromatic rings. The topological polar surface area (TPSA) is 112 Å². The zero-order valence-corrected chi connectivity index (χ0v) is 18.8. The van der Waals surface area contributed by atoms with Crippen LogP contribution in [0.4, 0.5) is 29.1 Å². The molecule has 0 spiro atoms. The molecule has 0 saturated carbocycles. The van der Waals surface area contributed by atoms with Crippen molar-refractivity contribution in [2.45, 2.75) is 25.2 Å². The summed E-state index contributed by atoms with van der Waals surface area (Å²) >= 11 is 0. The van der Waals surface area contributed by atoms with E-state index >= 15 is 0 Å². The van der Waals surface area contributed by atoms with Crippen molar-refractivity contribution in [3.63, 3.8) is 0 Å². The Morgan fingerprint density at radius 1 is 1.29 bits per heavy atom. The van der Waals surface area contributed by atoms with E-state index in [0.29, 0.717) is 18.5 Å². The average molecular weight is 502 g/mol. The van der Waals surface area contributed by atoms with Crippen LogP contribution in [0.1, 0.15) is 23.2 Å². The van der Waals surface area contributed by atoms with Gasteiger partial charge in [0.2, 0.25) is 15.9 Å². The van der Waals surface area contributed by atoms with Gasteiger partial charge < -0.3 is 15.3 Å². The number of aromatic nitrogens is 1. The minimum atomic E-state index is -4.64. The van der Waals surface area contributed by atoms with Crippen molar-refractivity contribution in [1.29, 1.82) is 0 Å². The van der Waals surface area contributed by atoms with Crippen LogP contribution >= 0.6 is 0 Å². The number of sulfonamides is 1. The molecule has 13 heteroatoms. The van der Waals surface area contributed by atoms with Gasteiger partial charge in [0.1, 0.15) is 17.3 Å². The molecule has 1 atom stereocenters. The third kappa shape index (κ3) is 6.90. The second kappa shape index (κ2) is 9.97. The molecule has 1 amide bonds. The highest BCUT2D eigenvalue weighted by Crippen LogP contribution is 2.32. The maximum atomic E-state index is 14.0. The summed E-state index contributed by atoms with van der Waals surface area (Å²) in [4.78, 5) is 17.4. The summed E-state index contributed by atoms with van der Waals surface area (Å²) < 4.78 is 77.8. The van der Waals surface area contributed by atoms with Gasteiger partial charge in [-0.3, -0.25) is 9.52 Å². The van der Waals surface area contributed by atoms with Crippen LogP contribution < -0.4 is 14.9 Å². The minimum Gasteiger partial charge on any atom is -0.391 e. The number of hydrogen-bond acceptors (Lipinski definition) is 6. The van der Waals surface area contributed by atoms with Crippen molar-refractivity contribution in [3.05, 3.63) is 59.0 Å². The first kappa shape index (κ1) is 25.4. The highest BCUT2D eigenvalue weighted by molar-refractivity contribution is 7.92. The summed E-state index contributed by atoms with van der Waals surface area (Å²) in [6.45, 7) is 0.366. The van der Waals surface area contributed by atoms with Crippen LogP contribution in [0, 0.1) is 5.82 Å². The number of aliphatic hydroxyl groups is 1. The zero-order chi connectivity index (χ0) is 25.1. The van der Waals surface area contributed by atoms with Crippen molar-refractivity contribution in [1.82, 2.24) is 10.3 Å². The Labute approximate surface area is 193 Å². The molecule has 1 saturated heterocycles. The summed E-state index contributed by atoms with van der Waals surface area (Å²) in [5.41, 5.74) is -0.686. The molecule has 3 rings (SSSR count). The second-order valence-electron chi connectivity index (χ2n) is 7.74. The number of β-amino-alcohol motifs (C(OH)–C–C–N with tert-alkyl or cyclic N) is 1. The highest BCUT2D eigenvalue weighted by atomic mass is 32.2. The van der Waals surface area contributed by atoms with E-state index < -0.39 is 39.7 Å². The van der Waals surface area contributed by atoms with E-state index in [1.165, 1.54) is 29.2 Å². The fraction of sp³-hybridized carbons (Fsp3) is 0.333. The molecule has 1 aliphatic rings. The quantitative estimate of drug-likeness (QED) is 0.396. The Bertz CT molecular complexity index is 1200. The van der Waals surface area contributed by atoms with Crippen LogP contribution in [-0.4, -0.2) is 49.9 Å². The van der Waals surface area contributed by atoms with Crippen LogP contribution in [0.5, 0.6) is 0 Å². The number of benzene rings is 1. The highest BCUT2D eigenvalue weighted by Gasteiger charge is 2.34. The summed E-state index contributed by atoms with van der Waals surface area (Å²) in [6, 6.07) is 5.72. The molecule has 1 aromatic carbocycles. The number of carbonyl (C=O) groups is 1. The smallest absolute Gasteiger partial charge is 0.391 e. The third-order valence-corrected chi connectivity index (χ3v) is 5.46. The van der Waals surface area contributed by atoms with E-state index in [4.69, 9.17) is 0 Å². The van der Waals surface area contributed by atoms with Gasteiger partial charge in [-0.2, -0.15) is 13.2 Å². The first-order valence-corrected chi connectivity index (χ1v) is 11.9. The number of carbonyl (C=O) groups excluding carboxylic acids is 1. The maximum absolute atomic E-state index is 14.0. The fourth-order valence-electron chi connectivity index (χ4n) is 3.30. The average Bonchev–Trinajstić information content (AvgIpc) is 3.17. The van der Waals surface area contributed by atoms with Gasteiger partial charge in [0.15, 0.2) is 0 Å². The first-order valence-electron chi connectivity index (χ1n) is 10.1. The summed E-state index contributed by atoms with van der Waals surface area (Å²) in [5, 5.41) is 12.2. The lowest BCUT2D eigenvalue weighted by Gasteiger charge is -2.20. The summed E-state index contributed by atoms with van der Waals surface area (Å²) in [7, 11) is -3.65. The number of halogens is 4. The van der Waals surface area contributed by atoms with Crippen molar-refractivity contribution in [3.8, 4) is 0 Å². The fourth-order valence-corrected chi connectivity index (χ4v) is 3.86. The molecule has 0 aliphatic carbocycles. The lowest BCUT2D eigenvalue weighted by atomic mass is 10.2. The third-order valence-electron chi connectivity index (χ3n) is 4.87. The largest absolute Gasteiger partial charge is 0.433 e. The van der Waals surface area contributed by atoms with Gasteiger partial charge in [0, 0.05) is 31.3 Å². The van der Waals surface area contributed by atoms with E-state index in [2.05, 4.69) is 10.3 Å². The lowest BCUT2D eigenvalue weighted by molar-refractivity contribution is -0.141. The van der Waals surface area contributed by atoms with E-state index in [1.807, 2.05) is 4.72 Å². The minimum absolute atomic E-state index is 0.00598. The molecule has 184 valence electrons. The van der Waals surface area contributed by atoms with E-state index in [-0.39, 0.29) is 30.2 Å². The number of pyridine rings is 1. The van der Waals surface area contributed by atoms with Gasteiger partial charge in [-0.05, 0) is 42.3 Å². The zero-order valence-electron chi connectivity index (χ0n) is 17.9. The van der Waals surface area contributed by atoms with Crippen molar-refractivity contribution in [2.75, 3.05) is 29.0 Å². The van der Waals surface area contributed by atoms with Gasteiger partial charge in [0.05, 0.1) is 18.0 Å². The second-order valence-corrected chi connectivity index (χ2v) is 9.48. The normalized spacial score (nSPS) is 16.8. The van der Waals surface area contributed by atoms with Gasteiger partial charge in [0.25, 0.3) is 0 Å². The summed E-state index contributed by atoms with van der Waals surface area (Å²) in [6.07, 6.45) is -1.64. The number of amides is 1. The van der Waals surface area contributed by atoms with Gasteiger partial charge in [-0.15, -0.1) is 0 Å². The SMILES string of the molecule is CS(=O)(=O)Nc1ccc(CNC(=O)C=Cc2ccc(C(F)(F)F)nc2N2CCC(O)C2)cc1F. The molecule has 1 aromatic heterocycles. The predicted molar refractivity (Wildman–Crippen MR) is 118 cm³/mol. The Kier molecular flexibility index (Phi) is 7.46. The number of aliphatic hydroxyl groups excluding tert-OH is 1. The number of hydrogen-bond donors (Lipinski definition) is 3. The number of nitrogens with one attached hydrogen (secondary N) is 2. The van der Waals surface area contributed by atoms with Crippen molar-refractivity contribution >= 4 is 33.5 Å². The van der Waals surface area contributed by atoms with E-state index in [0.717, 1.165) is 24.5 Å². The molecule has 1 unspecified atom stereocenters. The number of nitrogens with zero attached hydrogens (tertiary/aromatic N) is 2. The monoisotopic (exact) mass is 502 g/mol. The molecule has 0 bridgehead atoms. The molecule has 1 aliphatic heterocycles. The molecule has 1 fully saturated rings. The number of anilines is 2. The standard InChI is InChI=1S/C21H22F4N4O4S/c1-34(32,33)28-17-5-2-13(10-16(17)22)11-26-19(31)7-4-14-3-6-18(21(23,24)25)27-20(14)29-9-8-15(30)12-29/h2-7,10,15,28,30H,8-9,11-12H2,1H3,(H,26,31). The predicted octanol–water partition coefficient (Wildman–Crippen LogP) is 2.51. The van der Waals surface area contributed by atoms with Crippen LogP contribution in [0.2, 0.25) is 0 Å². The lowest BCUT2D eigenvalue weighted by Crippen LogP contribution is -2.24. The van der Waals surface area contributed by atoms with Gasteiger partial charge >= 0.3 is 6.18 Å². The van der Waals surface area contributed by atoms with Crippen LogP contribution in [-0.2, 0) is 27.5 Å². The first-order chi connectivity index (χ1) is 15.8. The van der Waals surface area contributed by atoms with Gasteiger partial charge in [-0.1, -0.05) is 6.07 Å². The molecule has 2 heterocycles. The Morgan fingerprint density at radius 2 is 2.03 bits per heavy atom. The van der Waals surface area contributed by atoms with Crippen molar-refractivity contribution in [2.24, 2.45) is 0 Å². The van der Waals surface area contributed by atoms with Crippen LogP contribution in [0.25, 0.3) is 6.08 Å². The van der Waals surface area contributed by atoms with Crippen molar-refractivity contribution < 1.29 is 35.9 Å². The molecule has 0 radical (unpaired) electrons. The Balaban J connectivity index is 1.70. The molecular weight excluding hydrogens is 480 g/mol. The summed E-state index contributed by atoms with van der Waals surface area (Å²) in [5.74, 6) is -1.40. The van der Waals surface area contributed by atoms with E-state index in [9.17, 15) is 35.9 Å². The number of alkyl halides is 3. The van der Waals surface area contributed by atoms with E-state index in [1.54, 1.807) is 0 Å². The molecule has 3 N–H and O–H groups in total. The Hall–Kier alpha value is -3.19. The van der Waals surface area contributed by atoms with Crippen LogP contribution in [0.15, 0.2) is 36.4 Å². The van der Waals surface area contributed by atoms with Gasteiger partial charge in [-0.25, -0.2) is 17.8 Å². The number of rotatable bonds is 7. The molecular formula is C21H22F4N4O4S. The molecule has 8 nitrogen and oxygen atoms in total. The molecule has 34 heavy (non-hydrogen) atoms. The maximum Gasteiger partial charge on any atom is 0.433 e. The van der Waals surface area contributed by atoms with Crippen LogP contribution in [0.3, 0.4) is 0 Å². The Morgan fingerprint density at radius 3 is 2.62 bits per heavy atom.